The normalized spacial score (nSPS) is 14.4. The Bertz CT molecular complexity index is 784. The summed E-state index contributed by atoms with van der Waals surface area (Å²) in [4.78, 5) is 13.5. The molecule has 2 unspecified atom stereocenters. The molecule has 2 atom stereocenters. The molecule has 25 heavy (non-hydrogen) atoms. The molecule has 2 aromatic rings. The second-order valence-electron chi connectivity index (χ2n) is 5.74. The van der Waals surface area contributed by atoms with Crippen LogP contribution in [0.1, 0.15) is 49.3 Å². The van der Waals surface area contributed by atoms with Crippen molar-refractivity contribution in [2.75, 3.05) is 11.4 Å². The fraction of sp³-hybridized carbons (Fsp3) is 0.471. The Hall–Kier alpha value is -2.46. The molecule has 0 aliphatic carbocycles. The van der Waals surface area contributed by atoms with Gasteiger partial charge < -0.3 is 4.90 Å². The smallest absolute Gasteiger partial charge is 0.261 e. The van der Waals surface area contributed by atoms with Crippen molar-refractivity contribution in [3.63, 3.8) is 0 Å². The molecule has 1 amide bonds. The summed E-state index contributed by atoms with van der Waals surface area (Å²) in [5.74, 6) is -0.180. The van der Waals surface area contributed by atoms with E-state index in [1.54, 1.807) is 35.0 Å². The third-order valence-corrected chi connectivity index (χ3v) is 5.11. The number of aromatic nitrogens is 4. The highest BCUT2D eigenvalue weighted by molar-refractivity contribution is 6.26. The van der Waals surface area contributed by atoms with Gasteiger partial charge >= 0.3 is 0 Å². The molecule has 2 aromatic heterocycles. The van der Waals surface area contributed by atoms with Crippen LogP contribution < -0.4 is 4.90 Å². The highest BCUT2D eigenvalue weighted by Gasteiger charge is 2.36. The van der Waals surface area contributed by atoms with Gasteiger partial charge in [-0.05, 0) is 33.3 Å². The Kier molecular flexibility index (Phi) is 5.75. The van der Waals surface area contributed by atoms with Gasteiger partial charge in [-0.25, -0.2) is 0 Å². The molecule has 8 heteroatoms. The first-order chi connectivity index (χ1) is 11.9. The molecule has 132 valence electrons. The van der Waals surface area contributed by atoms with Crippen molar-refractivity contribution < 1.29 is 4.79 Å². The van der Waals surface area contributed by atoms with Gasteiger partial charge in [0.15, 0.2) is 4.87 Å². The fourth-order valence-corrected chi connectivity index (χ4v) is 2.81. The minimum Gasteiger partial charge on any atom is -0.307 e. The molecule has 0 radical (unpaired) electrons. The van der Waals surface area contributed by atoms with Gasteiger partial charge in [-0.2, -0.15) is 20.6 Å². The van der Waals surface area contributed by atoms with Gasteiger partial charge in [-0.1, -0.05) is 6.92 Å². The molecule has 0 bridgehead atoms. The van der Waals surface area contributed by atoms with Gasteiger partial charge in [0.2, 0.25) is 0 Å². The third-order valence-electron chi connectivity index (χ3n) is 4.45. The SMILES string of the molecule is CCN(C(=O)c1cnn(C(C)C(Cl)(C#N)CC)c1C)c1ccnnc1. The molecule has 2 rings (SSSR count). The molecule has 0 saturated heterocycles. The Morgan fingerprint density at radius 1 is 1.44 bits per heavy atom. The maximum Gasteiger partial charge on any atom is 0.261 e. The van der Waals surface area contributed by atoms with E-state index in [9.17, 15) is 10.1 Å². The summed E-state index contributed by atoms with van der Waals surface area (Å²) in [6, 6.07) is 3.50. The molecule has 0 fully saturated rings. The average Bonchev–Trinajstić information content (AvgIpc) is 3.03. The van der Waals surface area contributed by atoms with Gasteiger partial charge in [-0.3, -0.25) is 9.48 Å². The van der Waals surface area contributed by atoms with Crippen molar-refractivity contribution in [2.45, 2.75) is 45.0 Å². The highest BCUT2D eigenvalue weighted by Crippen LogP contribution is 2.33. The molecule has 0 saturated carbocycles. The summed E-state index contributed by atoms with van der Waals surface area (Å²) in [6.07, 6.45) is 5.08. The lowest BCUT2D eigenvalue weighted by Gasteiger charge is -2.26. The summed E-state index contributed by atoms with van der Waals surface area (Å²) < 4.78 is 1.64. The number of hydrogen-bond acceptors (Lipinski definition) is 5. The maximum atomic E-state index is 12.9. The van der Waals surface area contributed by atoms with Gasteiger partial charge in [0.25, 0.3) is 5.91 Å². The van der Waals surface area contributed by atoms with E-state index in [1.807, 2.05) is 20.8 Å². The summed E-state index contributed by atoms with van der Waals surface area (Å²) in [6.45, 7) is 7.86. The number of amides is 1. The number of carbonyl (C=O) groups excluding carboxylic acids is 1. The molecule has 0 aliphatic rings. The third kappa shape index (κ3) is 3.49. The van der Waals surface area contributed by atoms with Crippen molar-refractivity contribution >= 4 is 23.2 Å². The van der Waals surface area contributed by atoms with Crippen molar-refractivity contribution in [1.29, 1.82) is 5.26 Å². The number of nitriles is 1. The van der Waals surface area contributed by atoms with Gasteiger partial charge in [0.05, 0.1) is 42.0 Å². The zero-order valence-electron chi connectivity index (χ0n) is 14.8. The first-order valence-electron chi connectivity index (χ1n) is 8.12. The van der Waals surface area contributed by atoms with Crippen LogP contribution in [0.3, 0.4) is 0 Å². The van der Waals surface area contributed by atoms with Crippen LogP contribution in [0.25, 0.3) is 0 Å². The zero-order valence-corrected chi connectivity index (χ0v) is 15.5. The van der Waals surface area contributed by atoms with Crippen LogP contribution in [0.4, 0.5) is 5.69 Å². The predicted octanol–water partition coefficient (Wildman–Crippen LogP) is 3.12. The number of halogens is 1. The quantitative estimate of drug-likeness (QED) is 0.738. The Labute approximate surface area is 152 Å². The lowest BCUT2D eigenvalue weighted by molar-refractivity contribution is 0.0987. The minimum atomic E-state index is -1.07. The monoisotopic (exact) mass is 360 g/mol. The number of rotatable bonds is 6. The Morgan fingerprint density at radius 2 is 2.16 bits per heavy atom. The van der Waals surface area contributed by atoms with Crippen molar-refractivity contribution in [2.24, 2.45) is 0 Å². The van der Waals surface area contributed by atoms with Gasteiger partial charge in [0, 0.05) is 12.2 Å². The Morgan fingerprint density at radius 3 is 2.68 bits per heavy atom. The van der Waals surface area contributed by atoms with E-state index in [2.05, 4.69) is 21.4 Å². The number of alkyl halides is 1. The fourth-order valence-electron chi connectivity index (χ4n) is 2.72. The van der Waals surface area contributed by atoms with E-state index >= 15 is 0 Å². The van der Waals surface area contributed by atoms with E-state index in [0.29, 0.717) is 29.9 Å². The largest absolute Gasteiger partial charge is 0.307 e. The molecule has 7 nitrogen and oxygen atoms in total. The molecule has 0 aliphatic heterocycles. The summed E-state index contributed by atoms with van der Waals surface area (Å²) in [5.41, 5.74) is 1.81. The lowest BCUT2D eigenvalue weighted by atomic mass is 9.99. The first kappa shape index (κ1) is 18.9. The van der Waals surface area contributed by atoms with Gasteiger partial charge in [-0.15, -0.1) is 11.6 Å². The summed E-state index contributed by atoms with van der Waals surface area (Å²) in [5, 5.41) is 21.3. The number of carbonyl (C=O) groups is 1. The first-order valence-corrected chi connectivity index (χ1v) is 8.50. The van der Waals surface area contributed by atoms with Crippen LogP contribution in [0.5, 0.6) is 0 Å². The van der Waals surface area contributed by atoms with Crippen LogP contribution in [0.15, 0.2) is 24.7 Å². The number of hydrogen-bond donors (Lipinski definition) is 0. The van der Waals surface area contributed by atoms with E-state index in [-0.39, 0.29) is 11.9 Å². The van der Waals surface area contributed by atoms with Crippen molar-refractivity contribution in [1.82, 2.24) is 20.0 Å². The predicted molar refractivity (Wildman–Crippen MR) is 95.5 cm³/mol. The summed E-state index contributed by atoms with van der Waals surface area (Å²) >= 11 is 6.41. The van der Waals surface area contributed by atoms with E-state index in [1.165, 1.54) is 6.20 Å². The van der Waals surface area contributed by atoms with E-state index < -0.39 is 4.87 Å². The van der Waals surface area contributed by atoms with Crippen LogP contribution in [-0.4, -0.2) is 37.3 Å². The van der Waals surface area contributed by atoms with E-state index in [0.717, 1.165) is 0 Å². The number of nitrogens with zero attached hydrogens (tertiary/aromatic N) is 6. The second kappa shape index (κ2) is 7.62. The van der Waals surface area contributed by atoms with Crippen LogP contribution in [0.2, 0.25) is 0 Å². The average molecular weight is 361 g/mol. The Balaban J connectivity index is 2.37. The lowest BCUT2D eigenvalue weighted by Crippen LogP contribution is -2.33. The van der Waals surface area contributed by atoms with Gasteiger partial charge in [0.1, 0.15) is 0 Å². The number of anilines is 1. The molecular formula is C17H21ClN6O. The highest BCUT2D eigenvalue weighted by atomic mass is 35.5. The summed E-state index contributed by atoms with van der Waals surface area (Å²) in [7, 11) is 0. The standard InChI is InChI=1S/C17H21ClN6O/c1-5-17(18,11-19)13(4)24-12(3)15(10-22-24)16(25)23(6-2)14-7-8-20-21-9-14/h7-10,13H,5-6H2,1-4H3. The minimum absolute atomic E-state index is 0.180. The topological polar surface area (TPSA) is 87.7 Å². The van der Waals surface area contributed by atoms with Crippen LogP contribution in [-0.2, 0) is 0 Å². The molecular weight excluding hydrogens is 340 g/mol. The molecule has 0 spiro atoms. The van der Waals surface area contributed by atoms with Crippen molar-refractivity contribution in [3.05, 3.63) is 35.9 Å². The van der Waals surface area contributed by atoms with Crippen LogP contribution >= 0.6 is 11.6 Å². The van der Waals surface area contributed by atoms with Crippen molar-refractivity contribution in [3.8, 4) is 6.07 Å². The molecule has 0 N–H and O–H groups in total. The maximum absolute atomic E-state index is 12.9. The van der Waals surface area contributed by atoms with E-state index in [4.69, 9.17) is 11.6 Å². The molecule has 2 heterocycles. The molecule has 0 aromatic carbocycles. The second-order valence-corrected chi connectivity index (χ2v) is 6.42. The zero-order chi connectivity index (χ0) is 18.6. The van der Waals surface area contributed by atoms with Crippen LogP contribution in [0, 0.1) is 18.3 Å².